The van der Waals surface area contributed by atoms with Gasteiger partial charge in [0.15, 0.2) is 0 Å². The van der Waals surface area contributed by atoms with E-state index < -0.39 is 0 Å². The second kappa shape index (κ2) is 4.06. The molecule has 0 atom stereocenters. The van der Waals surface area contributed by atoms with E-state index in [0.29, 0.717) is 0 Å². The van der Waals surface area contributed by atoms with Gasteiger partial charge in [0, 0.05) is 0 Å². The molecule has 3 nitrogen and oxygen atoms in total. The zero-order chi connectivity index (χ0) is 7.33. The van der Waals surface area contributed by atoms with Crippen molar-refractivity contribution in [3.05, 3.63) is 0 Å². The molecule has 56 valence electrons. The van der Waals surface area contributed by atoms with Crippen molar-refractivity contribution in [3.8, 4) is 0 Å². The summed E-state index contributed by atoms with van der Waals surface area (Å²) in [6, 6.07) is 0.0794. The number of hydrogen-bond acceptors (Lipinski definition) is 3. The van der Waals surface area contributed by atoms with Crippen LogP contribution in [-0.4, -0.2) is 11.7 Å². The number of hydrogen-bond donors (Lipinski definition) is 1. The molecule has 0 radical (unpaired) electrons. The van der Waals surface area contributed by atoms with Crippen LogP contribution in [0.25, 0.3) is 0 Å². The highest BCUT2D eigenvalue weighted by atomic mass is 35.5. The summed E-state index contributed by atoms with van der Waals surface area (Å²) in [5.74, 6) is 0. The Labute approximate surface area is 60.2 Å². The predicted octanol–water partition coefficient (Wildman–Crippen LogP) is 1.43. The zero-order valence-corrected chi connectivity index (χ0v) is 6.66. The molecule has 0 aliphatic rings. The molecule has 0 unspecified atom stereocenters. The van der Waals surface area contributed by atoms with E-state index in [9.17, 15) is 0 Å². The molecule has 0 aromatic carbocycles. The van der Waals surface area contributed by atoms with E-state index in [2.05, 4.69) is 10.5 Å². The molecule has 0 aliphatic heterocycles. The average molecular weight is 154 g/mol. The summed E-state index contributed by atoms with van der Waals surface area (Å²) in [5, 5.41) is 0. The maximum atomic E-state index is 5.17. The molecule has 0 amide bonds. The Morgan fingerprint density at radius 3 is 2.33 bits per heavy atom. The molecular weight excluding hydrogens is 142 g/mol. The minimum atomic E-state index is -0.244. The first-order chi connectivity index (χ1) is 4.06. The van der Waals surface area contributed by atoms with Crippen LogP contribution in [0.15, 0.2) is 0 Å². The van der Waals surface area contributed by atoms with Crippen LogP contribution in [0.5, 0.6) is 0 Å². The van der Waals surface area contributed by atoms with E-state index in [1.165, 1.54) is 0 Å². The van der Waals surface area contributed by atoms with Crippen molar-refractivity contribution in [3.63, 3.8) is 0 Å². The van der Waals surface area contributed by atoms with Gasteiger partial charge < -0.3 is 0 Å². The second-order valence-corrected chi connectivity index (χ2v) is 2.77. The van der Waals surface area contributed by atoms with Crippen molar-refractivity contribution in [2.75, 3.05) is 6.07 Å². The summed E-state index contributed by atoms with van der Waals surface area (Å²) in [6.45, 7) is 5.70. The molecule has 0 saturated carbocycles. The van der Waals surface area contributed by atoms with Gasteiger partial charge in [0.2, 0.25) is 0 Å². The fourth-order valence-electron chi connectivity index (χ4n) is 0.177. The van der Waals surface area contributed by atoms with Crippen molar-refractivity contribution >= 4 is 11.6 Å². The van der Waals surface area contributed by atoms with Crippen LogP contribution in [-0.2, 0) is 9.68 Å². The lowest BCUT2D eigenvalue weighted by atomic mass is 10.2. The summed E-state index contributed by atoms with van der Waals surface area (Å²) in [7, 11) is 0. The van der Waals surface area contributed by atoms with Gasteiger partial charge in [0.25, 0.3) is 0 Å². The summed E-state index contributed by atoms with van der Waals surface area (Å²) >= 11 is 5.17. The molecule has 4 heteroatoms. The molecule has 0 fully saturated rings. The van der Waals surface area contributed by atoms with E-state index >= 15 is 0 Å². The molecule has 1 N–H and O–H groups in total. The maximum absolute atomic E-state index is 5.17. The first-order valence-electron chi connectivity index (χ1n) is 2.67. The number of nitrogens with one attached hydrogen (secondary N) is 1. The zero-order valence-electron chi connectivity index (χ0n) is 5.90. The van der Waals surface area contributed by atoms with Gasteiger partial charge in [-0.05, 0) is 20.8 Å². The van der Waals surface area contributed by atoms with E-state index in [0.717, 1.165) is 0 Å². The Hall–Kier alpha value is 0.170. The minimum Gasteiger partial charge on any atom is -0.271 e. The van der Waals surface area contributed by atoms with Gasteiger partial charge in [-0.1, -0.05) is 17.2 Å². The lowest BCUT2D eigenvalue weighted by Crippen LogP contribution is -2.28. The Morgan fingerprint density at radius 2 is 2.00 bits per heavy atom. The normalized spacial score (nSPS) is 12.0. The van der Waals surface area contributed by atoms with Crippen molar-refractivity contribution < 1.29 is 9.68 Å². The lowest BCUT2D eigenvalue weighted by Gasteiger charge is -2.17. The Balaban J connectivity index is 3.07. The quantitative estimate of drug-likeness (QED) is 0.378. The van der Waals surface area contributed by atoms with Gasteiger partial charge in [-0.15, -0.1) is 0 Å². The molecule has 0 aromatic heterocycles. The highest BCUT2D eigenvalue weighted by Crippen LogP contribution is 2.02. The second-order valence-electron chi connectivity index (χ2n) is 2.55. The van der Waals surface area contributed by atoms with Crippen LogP contribution >= 0.6 is 11.6 Å². The molecule has 0 aliphatic carbocycles. The Bertz CT molecular complexity index is 71.8. The molecule has 0 aromatic rings. The molecule has 9 heavy (non-hydrogen) atoms. The fraction of sp³-hybridized carbons (Fsp3) is 1.00. The van der Waals surface area contributed by atoms with E-state index in [4.69, 9.17) is 16.4 Å². The van der Waals surface area contributed by atoms with Gasteiger partial charge in [-0.25, -0.2) is 0 Å². The third-order valence-corrected chi connectivity index (χ3v) is 0.570. The van der Waals surface area contributed by atoms with Crippen LogP contribution in [0.3, 0.4) is 0 Å². The van der Waals surface area contributed by atoms with Crippen molar-refractivity contribution in [2.24, 2.45) is 0 Å². The van der Waals surface area contributed by atoms with Crippen LogP contribution in [0.4, 0.5) is 0 Å². The Kier molecular flexibility index (Phi) is 4.14. The molecular formula is C5H12ClNO2. The van der Waals surface area contributed by atoms with Gasteiger partial charge in [-0.3, -0.25) is 9.68 Å². The molecule has 0 heterocycles. The first-order valence-corrected chi connectivity index (χ1v) is 3.20. The monoisotopic (exact) mass is 153 g/mol. The standard InChI is InChI=1S/C5H12ClNO2/c1-5(2,3)9-7-8-4-6/h7H,4H2,1-3H3. The van der Waals surface area contributed by atoms with Gasteiger partial charge in [0.1, 0.15) is 6.07 Å². The summed E-state index contributed by atoms with van der Waals surface area (Å²) < 4.78 is 0. The van der Waals surface area contributed by atoms with Crippen molar-refractivity contribution in [2.45, 2.75) is 26.4 Å². The first kappa shape index (κ1) is 9.17. The van der Waals surface area contributed by atoms with E-state index in [1.54, 1.807) is 0 Å². The lowest BCUT2D eigenvalue weighted by molar-refractivity contribution is -0.212. The number of rotatable bonds is 3. The van der Waals surface area contributed by atoms with Crippen LogP contribution in [0.1, 0.15) is 20.8 Å². The third kappa shape index (κ3) is 8.17. The smallest absolute Gasteiger partial charge is 0.144 e. The van der Waals surface area contributed by atoms with Crippen LogP contribution in [0.2, 0.25) is 0 Å². The van der Waals surface area contributed by atoms with E-state index in [-0.39, 0.29) is 11.7 Å². The molecule has 0 rings (SSSR count). The molecule has 0 bridgehead atoms. The van der Waals surface area contributed by atoms with E-state index in [1.807, 2.05) is 20.8 Å². The van der Waals surface area contributed by atoms with Crippen LogP contribution in [0, 0.1) is 0 Å². The number of alkyl halides is 1. The highest BCUT2D eigenvalue weighted by Gasteiger charge is 2.09. The average Bonchev–Trinajstić information content (AvgIpc) is 1.63. The van der Waals surface area contributed by atoms with Crippen LogP contribution < -0.4 is 5.64 Å². The molecule has 0 spiro atoms. The molecule has 0 saturated heterocycles. The number of halogens is 1. The summed E-state index contributed by atoms with van der Waals surface area (Å²) in [5.41, 5.74) is 2.00. The van der Waals surface area contributed by atoms with Gasteiger partial charge in [-0.2, -0.15) is 0 Å². The summed E-state index contributed by atoms with van der Waals surface area (Å²) in [6.07, 6.45) is 0. The topological polar surface area (TPSA) is 30.5 Å². The highest BCUT2D eigenvalue weighted by molar-refractivity contribution is 6.17. The Morgan fingerprint density at radius 1 is 1.44 bits per heavy atom. The van der Waals surface area contributed by atoms with Gasteiger partial charge >= 0.3 is 0 Å². The maximum Gasteiger partial charge on any atom is 0.144 e. The largest absolute Gasteiger partial charge is 0.271 e. The minimum absolute atomic E-state index is 0.0794. The SMILES string of the molecule is CC(C)(C)ONOCCl. The van der Waals surface area contributed by atoms with Crippen molar-refractivity contribution in [1.82, 2.24) is 5.64 Å². The fourth-order valence-corrected chi connectivity index (χ4v) is 0.221. The van der Waals surface area contributed by atoms with Crippen molar-refractivity contribution in [1.29, 1.82) is 0 Å². The summed E-state index contributed by atoms with van der Waals surface area (Å²) in [4.78, 5) is 9.42. The third-order valence-electron chi connectivity index (χ3n) is 0.461. The predicted molar refractivity (Wildman–Crippen MR) is 35.8 cm³/mol. The van der Waals surface area contributed by atoms with Gasteiger partial charge in [0.05, 0.1) is 5.60 Å².